The zero-order chi connectivity index (χ0) is 21.8. The summed E-state index contributed by atoms with van der Waals surface area (Å²) in [6.45, 7) is 0. The molecule has 0 fully saturated rings. The number of alkyl halides is 3. The van der Waals surface area contributed by atoms with Crippen LogP contribution in [0.2, 0.25) is 0 Å². The maximum absolute atomic E-state index is 14.0. The molecule has 0 atom stereocenters. The van der Waals surface area contributed by atoms with E-state index in [-0.39, 0.29) is 0 Å². The van der Waals surface area contributed by atoms with E-state index in [0.717, 1.165) is 12.1 Å². The van der Waals surface area contributed by atoms with E-state index < -0.39 is 23.4 Å². The number of allylic oxidation sites excluding steroid dienone is 1. The van der Waals surface area contributed by atoms with Crippen molar-refractivity contribution in [2.75, 3.05) is 0 Å². The van der Waals surface area contributed by atoms with Crippen LogP contribution in [0, 0.1) is 11.6 Å². The van der Waals surface area contributed by atoms with Crippen LogP contribution >= 0.6 is 0 Å². The van der Waals surface area contributed by atoms with Crippen LogP contribution in [-0.4, -0.2) is 11.2 Å². The molecule has 4 aromatic rings. The first-order valence-corrected chi connectivity index (χ1v) is 9.40. The third-order valence-electron chi connectivity index (χ3n) is 5.33. The van der Waals surface area contributed by atoms with Crippen molar-refractivity contribution >= 4 is 34.0 Å². The van der Waals surface area contributed by atoms with E-state index in [1.54, 1.807) is 24.5 Å². The standard InChI is InChI=1S/C24H13F5N2/c25-15-5-7-21-17(9-15)19(11-30-21)23(13-1-3-14(4-2-13)24(27,28)29)20-12-31-22-8-6-16(26)10-18(20)22/h1-12,30H/p+1/b23-20-. The molecular formula is C24H14F5N2+. The fourth-order valence-electron chi connectivity index (χ4n) is 3.88. The molecule has 2 nitrogen and oxygen atoms in total. The third-order valence-corrected chi connectivity index (χ3v) is 5.33. The Balaban J connectivity index is 1.80. The molecule has 7 heteroatoms. The lowest BCUT2D eigenvalue weighted by atomic mass is 9.89. The minimum atomic E-state index is -4.47. The lowest BCUT2D eigenvalue weighted by molar-refractivity contribution is -0.342. The summed E-state index contributed by atoms with van der Waals surface area (Å²) in [4.78, 5) is 6.14. The molecular weight excluding hydrogens is 411 g/mol. The molecule has 0 spiro atoms. The van der Waals surface area contributed by atoms with Gasteiger partial charge in [-0.1, -0.05) is 12.1 Å². The Labute approximate surface area is 173 Å². The first-order valence-electron chi connectivity index (χ1n) is 9.40. The molecule has 2 N–H and O–H groups in total. The molecule has 0 radical (unpaired) electrons. The van der Waals surface area contributed by atoms with Gasteiger partial charge in [0.2, 0.25) is 5.69 Å². The van der Waals surface area contributed by atoms with Gasteiger partial charge in [0.15, 0.2) is 6.21 Å². The van der Waals surface area contributed by atoms with Crippen LogP contribution in [0.4, 0.5) is 27.6 Å². The van der Waals surface area contributed by atoms with Crippen LogP contribution < -0.4 is 4.99 Å². The van der Waals surface area contributed by atoms with Gasteiger partial charge in [-0.15, -0.1) is 0 Å². The number of hydrogen-bond acceptors (Lipinski definition) is 0. The number of halogens is 5. The normalized spacial score (nSPS) is 14.9. The number of fused-ring (bicyclic) bond motifs is 2. The molecule has 0 amide bonds. The van der Waals surface area contributed by atoms with Gasteiger partial charge in [0.1, 0.15) is 11.6 Å². The highest BCUT2D eigenvalue weighted by Crippen LogP contribution is 2.39. The number of H-pyrrole nitrogens is 1. The molecule has 31 heavy (non-hydrogen) atoms. The van der Waals surface area contributed by atoms with E-state index in [0.29, 0.717) is 44.4 Å². The van der Waals surface area contributed by atoms with E-state index >= 15 is 0 Å². The molecule has 1 aliphatic heterocycles. The Morgan fingerprint density at radius 3 is 2.29 bits per heavy atom. The first-order chi connectivity index (χ1) is 14.8. The predicted molar refractivity (Wildman–Crippen MR) is 109 cm³/mol. The van der Waals surface area contributed by atoms with Gasteiger partial charge in [0.25, 0.3) is 0 Å². The van der Waals surface area contributed by atoms with Crippen LogP contribution in [-0.2, 0) is 6.18 Å². The molecule has 0 saturated heterocycles. The molecule has 1 aromatic heterocycles. The molecule has 0 unspecified atom stereocenters. The van der Waals surface area contributed by atoms with Gasteiger partial charge >= 0.3 is 6.18 Å². The van der Waals surface area contributed by atoms with Gasteiger partial charge < -0.3 is 4.98 Å². The fourth-order valence-corrected chi connectivity index (χ4v) is 3.88. The van der Waals surface area contributed by atoms with E-state index in [1.807, 2.05) is 0 Å². The summed E-state index contributed by atoms with van der Waals surface area (Å²) in [5.74, 6) is -0.879. The van der Waals surface area contributed by atoms with Crippen LogP contribution in [0.5, 0.6) is 0 Å². The van der Waals surface area contributed by atoms with Crippen LogP contribution in [0.25, 0.3) is 22.0 Å². The lowest BCUT2D eigenvalue weighted by Crippen LogP contribution is -2.58. The highest BCUT2D eigenvalue weighted by Gasteiger charge is 2.31. The van der Waals surface area contributed by atoms with Crippen molar-refractivity contribution in [3.05, 3.63) is 101 Å². The molecule has 154 valence electrons. The SMILES string of the molecule is Fc1ccc2c(c1)/C(=C(/c1ccc(C(F)(F)F)cc1)c1c[nH]c3ccc(F)cc13)C=[NH+]2. The maximum atomic E-state index is 14.0. The van der Waals surface area contributed by atoms with E-state index in [9.17, 15) is 22.0 Å². The molecule has 2 heterocycles. The predicted octanol–water partition coefficient (Wildman–Crippen LogP) is 5.22. The second-order valence-corrected chi connectivity index (χ2v) is 7.23. The van der Waals surface area contributed by atoms with Crippen molar-refractivity contribution in [1.82, 2.24) is 4.98 Å². The topological polar surface area (TPSA) is 29.8 Å². The molecule has 3 aromatic carbocycles. The van der Waals surface area contributed by atoms with Crippen molar-refractivity contribution in [2.24, 2.45) is 0 Å². The monoisotopic (exact) mass is 425 g/mol. The Kier molecular flexibility index (Phi) is 4.28. The van der Waals surface area contributed by atoms with Crippen LogP contribution in [0.1, 0.15) is 22.3 Å². The number of hydrogen-bond donors (Lipinski definition) is 2. The first kappa shape index (κ1) is 19.2. The summed E-state index contributed by atoms with van der Waals surface area (Å²) >= 11 is 0. The zero-order valence-electron chi connectivity index (χ0n) is 15.8. The Hall–Kier alpha value is -3.74. The highest BCUT2D eigenvalue weighted by molar-refractivity contribution is 6.24. The largest absolute Gasteiger partial charge is 0.416 e. The molecule has 0 saturated carbocycles. The molecule has 5 rings (SSSR count). The summed E-state index contributed by atoms with van der Waals surface area (Å²) in [5, 5.41) is 0.570. The van der Waals surface area contributed by atoms with Gasteiger partial charge in [-0.2, -0.15) is 13.2 Å². The molecule has 1 aliphatic rings. The quantitative estimate of drug-likeness (QED) is 0.413. The lowest BCUT2D eigenvalue weighted by Gasteiger charge is -2.12. The summed E-state index contributed by atoms with van der Waals surface area (Å²) in [7, 11) is 0. The van der Waals surface area contributed by atoms with Gasteiger partial charge in [-0.05, 0) is 48.0 Å². The minimum Gasteiger partial charge on any atom is -0.361 e. The van der Waals surface area contributed by atoms with E-state index in [2.05, 4.69) is 9.98 Å². The number of rotatable bonds is 2. The number of aromatic nitrogens is 1. The summed E-state index contributed by atoms with van der Waals surface area (Å²) in [6.07, 6.45) is -1.11. The summed E-state index contributed by atoms with van der Waals surface area (Å²) in [5.41, 5.74) is 3.38. The van der Waals surface area contributed by atoms with Crippen molar-refractivity contribution in [1.29, 1.82) is 0 Å². The zero-order valence-corrected chi connectivity index (χ0v) is 15.8. The van der Waals surface area contributed by atoms with Gasteiger partial charge in [0.05, 0.1) is 16.7 Å². The minimum absolute atomic E-state index is 0.440. The second-order valence-electron chi connectivity index (χ2n) is 7.23. The highest BCUT2D eigenvalue weighted by atomic mass is 19.4. The number of benzene rings is 3. The van der Waals surface area contributed by atoms with Crippen molar-refractivity contribution in [3.63, 3.8) is 0 Å². The van der Waals surface area contributed by atoms with E-state index in [1.165, 1.54) is 36.4 Å². The van der Waals surface area contributed by atoms with Gasteiger partial charge in [-0.3, -0.25) is 0 Å². The van der Waals surface area contributed by atoms with Gasteiger partial charge in [0, 0.05) is 34.3 Å². The summed E-state index contributed by atoms with van der Waals surface area (Å²) in [6, 6.07) is 13.3. The molecule has 0 aliphatic carbocycles. The Morgan fingerprint density at radius 2 is 1.55 bits per heavy atom. The second kappa shape index (κ2) is 6.91. The van der Waals surface area contributed by atoms with Gasteiger partial charge in [-0.25, -0.2) is 13.8 Å². The van der Waals surface area contributed by atoms with E-state index in [4.69, 9.17) is 0 Å². The summed E-state index contributed by atoms with van der Waals surface area (Å²) < 4.78 is 67.2. The third kappa shape index (κ3) is 3.32. The fraction of sp³-hybridized carbons (Fsp3) is 0.0417. The number of aromatic amines is 1. The van der Waals surface area contributed by atoms with Crippen molar-refractivity contribution < 1.29 is 26.9 Å². The maximum Gasteiger partial charge on any atom is 0.416 e. The van der Waals surface area contributed by atoms with Crippen molar-refractivity contribution in [3.8, 4) is 0 Å². The van der Waals surface area contributed by atoms with Crippen molar-refractivity contribution in [2.45, 2.75) is 6.18 Å². The average molecular weight is 425 g/mol. The van der Waals surface area contributed by atoms with Crippen LogP contribution in [0.15, 0.2) is 66.9 Å². The Bertz CT molecular complexity index is 1380. The van der Waals surface area contributed by atoms with Crippen LogP contribution in [0.3, 0.4) is 0 Å². The number of nitrogens with one attached hydrogen (secondary N) is 2. The smallest absolute Gasteiger partial charge is 0.361 e. The average Bonchev–Trinajstić information content (AvgIpc) is 3.33. The Morgan fingerprint density at radius 1 is 0.839 bits per heavy atom. The molecule has 0 bridgehead atoms.